The minimum absolute atomic E-state index is 0.636. The van der Waals surface area contributed by atoms with E-state index in [2.05, 4.69) is 27.5 Å². The smallest absolute Gasteiger partial charge is 0.0795 e. The fraction of sp³-hybridized carbons (Fsp3) is 0.750. The summed E-state index contributed by atoms with van der Waals surface area (Å²) in [5.74, 6) is 0.949. The summed E-state index contributed by atoms with van der Waals surface area (Å²) >= 11 is 1.70. The molecule has 0 amide bonds. The Morgan fingerprint density at radius 3 is 3.12 bits per heavy atom. The molecule has 1 aromatic heterocycles. The number of rotatable bonds is 3. The van der Waals surface area contributed by atoms with Crippen molar-refractivity contribution in [3.8, 4) is 0 Å². The molecule has 3 nitrogen and oxygen atoms in total. The lowest BCUT2D eigenvalue weighted by atomic mass is 10.1. The average Bonchev–Trinajstić information content (AvgIpc) is 3.01. The van der Waals surface area contributed by atoms with E-state index >= 15 is 0 Å². The highest BCUT2D eigenvalue weighted by molar-refractivity contribution is 7.07. The molecule has 0 aromatic carbocycles. The Kier molecular flexibility index (Phi) is 2.96. The van der Waals surface area contributed by atoms with E-state index in [0.29, 0.717) is 6.04 Å². The van der Waals surface area contributed by atoms with Crippen molar-refractivity contribution in [3.63, 3.8) is 0 Å². The van der Waals surface area contributed by atoms with Crippen LogP contribution in [0.15, 0.2) is 10.9 Å². The minimum atomic E-state index is 0.636. The number of thiazole rings is 1. The Hall–Kier alpha value is -0.450. The van der Waals surface area contributed by atoms with E-state index in [1.165, 1.54) is 25.1 Å². The first-order valence-electron chi connectivity index (χ1n) is 6.17. The Morgan fingerprint density at radius 2 is 2.44 bits per heavy atom. The lowest BCUT2D eigenvalue weighted by molar-refractivity contribution is 0.124. The molecule has 1 saturated carbocycles. The third kappa shape index (κ3) is 2.29. The zero-order valence-electron chi connectivity index (χ0n) is 9.72. The zero-order chi connectivity index (χ0) is 11.0. The first-order valence-corrected chi connectivity index (χ1v) is 7.11. The highest BCUT2D eigenvalue weighted by Crippen LogP contribution is 2.34. The molecule has 4 heteroatoms. The summed E-state index contributed by atoms with van der Waals surface area (Å²) in [7, 11) is 0. The largest absolute Gasteiger partial charge is 0.311 e. The maximum absolute atomic E-state index is 4.39. The monoisotopic (exact) mass is 237 g/mol. The van der Waals surface area contributed by atoms with Gasteiger partial charge in [-0.25, -0.2) is 4.98 Å². The van der Waals surface area contributed by atoms with E-state index in [-0.39, 0.29) is 0 Å². The van der Waals surface area contributed by atoms with Crippen LogP contribution < -0.4 is 5.32 Å². The van der Waals surface area contributed by atoms with Gasteiger partial charge in [-0.2, -0.15) is 0 Å². The Balaban J connectivity index is 1.62. The van der Waals surface area contributed by atoms with E-state index in [0.717, 1.165) is 25.0 Å². The molecule has 0 radical (unpaired) electrons. The lowest BCUT2D eigenvalue weighted by Gasteiger charge is -2.38. The molecule has 1 N–H and O–H groups in total. The second-order valence-corrected chi connectivity index (χ2v) is 5.83. The molecule has 1 saturated heterocycles. The van der Waals surface area contributed by atoms with Crippen LogP contribution in [0.2, 0.25) is 0 Å². The van der Waals surface area contributed by atoms with Crippen molar-refractivity contribution in [2.45, 2.75) is 38.4 Å². The summed E-state index contributed by atoms with van der Waals surface area (Å²) in [5.41, 5.74) is 3.16. The molecule has 1 aromatic rings. The van der Waals surface area contributed by atoms with E-state index in [1.54, 1.807) is 11.3 Å². The second-order valence-electron chi connectivity index (χ2n) is 5.11. The topological polar surface area (TPSA) is 28.2 Å². The van der Waals surface area contributed by atoms with Crippen LogP contribution in [0.3, 0.4) is 0 Å². The molecular weight excluding hydrogens is 218 g/mol. The van der Waals surface area contributed by atoms with Gasteiger partial charge in [0.05, 0.1) is 11.2 Å². The molecule has 0 spiro atoms. The number of nitrogens with one attached hydrogen (secondary N) is 1. The molecular formula is C12H19N3S. The third-order valence-corrected chi connectivity index (χ3v) is 4.40. The maximum Gasteiger partial charge on any atom is 0.0795 e. The van der Waals surface area contributed by atoms with E-state index in [4.69, 9.17) is 0 Å². The van der Waals surface area contributed by atoms with Gasteiger partial charge in [0.15, 0.2) is 0 Å². The van der Waals surface area contributed by atoms with Crippen LogP contribution in [-0.4, -0.2) is 35.1 Å². The molecule has 2 unspecified atom stereocenters. The van der Waals surface area contributed by atoms with E-state index < -0.39 is 0 Å². The summed E-state index contributed by atoms with van der Waals surface area (Å²) in [6.45, 7) is 5.66. The lowest BCUT2D eigenvalue weighted by Crippen LogP contribution is -2.55. The predicted molar refractivity (Wildman–Crippen MR) is 66.5 cm³/mol. The molecule has 16 heavy (non-hydrogen) atoms. The highest BCUT2D eigenvalue weighted by Gasteiger charge is 2.35. The highest BCUT2D eigenvalue weighted by atomic mass is 32.1. The number of aromatic nitrogens is 1. The van der Waals surface area contributed by atoms with Gasteiger partial charge < -0.3 is 5.32 Å². The SMILES string of the molecule is CC1CNC(C2CC2)CN1Cc1cscn1. The summed E-state index contributed by atoms with van der Waals surface area (Å²) in [6, 6.07) is 1.37. The Labute approximate surface area is 101 Å². The molecule has 2 heterocycles. The molecule has 2 aliphatic rings. The first-order chi connectivity index (χ1) is 7.83. The fourth-order valence-corrected chi connectivity index (χ4v) is 3.06. The van der Waals surface area contributed by atoms with Crippen molar-refractivity contribution < 1.29 is 0 Å². The Bertz CT molecular complexity index is 334. The summed E-state index contributed by atoms with van der Waals surface area (Å²) in [5, 5.41) is 5.85. The molecule has 1 aliphatic heterocycles. The summed E-state index contributed by atoms with van der Waals surface area (Å²) < 4.78 is 0. The van der Waals surface area contributed by atoms with Crippen molar-refractivity contribution >= 4 is 11.3 Å². The second kappa shape index (κ2) is 4.43. The van der Waals surface area contributed by atoms with Gasteiger partial charge in [0.2, 0.25) is 0 Å². The standard InChI is InChI=1S/C12H19N3S/c1-9-4-13-12(10-2-3-10)6-15(9)5-11-7-16-8-14-11/h7-10,12-13H,2-6H2,1H3. The van der Waals surface area contributed by atoms with Crippen molar-refractivity contribution in [1.29, 1.82) is 0 Å². The van der Waals surface area contributed by atoms with E-state index in [9.17, 15) is 0 Å². The maximum atomic E-state index is 4.39. The van der Waals surface area contributed by atoms with Crippen molar-refractivity contribution in [2.24, 2.45) is 5.92 Å². The van der Waals surface area contributed by atoms with Gasteiger partial charge in [0.1, 0.15) is 0 Å². The van der Waals surface area contributed by atoms with Crippen molar-refractivity contribution in [2.75, 3.05) is 13.1 Å². The number of nitrogens with zero attached hydrogens (tertiary/aromatic N) is 2. The van der Waals surface area contributed by atoms with Crippen LogP contribution in [0.1, 0.15) is 25.5 Å². The van der Waals surface area contributed by atoms with Crippen LogP contribution in [0.4, 0.5) is 0 Å². The first kappa shape index (κ1) is 10.7. The molecule has 0 bridgehead atoms. The summed E-state index contributed by atoms with van der Waals surface area (Å²) in [6.07, 6.45) is 2.85. The van der Waals surface area contributed by atoms with Crippen LogP contribution >= 0.6 is 11.3 Å². The Morgan fingerprint density at radius 1 is 1.56 bits per heavy atom. The fourth-order valence-electron chi connectivity index (χ4n) is 2.51. The predicted octanol–water partition coefficient (Wildman–Crippen LogP) is 1.72. The van der Waals surface area contributed by atoms with Gasteiger partial charge in [-0.1, -0.05) is 0 Å². The molecule has 88 valence electrons. The van der Waals surface area contributed by atoms with Crippen molar-refractivity contribution in [3.05, 3.63) is 16.6 Å². The molecule has 2 fully saturated rings. The van der Waals surface area contributed by atoms with Gasteiger partial charge in [0.25, 0.3) is 0 Å². The van der Waals surface area contributed by atoms with Crippen LogP contribution in [0, 0.1) is 5.92 Å². The molecule has 3 rings (SSSR count). The minimum Gasteiger partial charge on any atom is -0.311 e. The van der Waals surface area contributed by atoms with Gasteiger partial charge in [-0.15, -0.1) is 11.3 Å². The molecule has 1 aliphatic carbocycles. The van der Waals surface area contributed by atoms with Crippen LogP contribution in [-0.2, 0) is 6.54 Å². The van der Waals surface area contributed by atoms with Gasteiger partial charge in [-0.05, 0) is 25.7 Å². The van der Waals surface area contributed by atoms with Crippen molar-refractivity contribution in [1.82, 2.24) is 15.2 Å². The van der Waals surface area contributed by atoms with Crippen LogP contribution in [0.5, 0.6) is 0 Å². The van der Waals surface area contributed by atoms with Gasteiger partial charge in [-0.3, -0.25) is 4.90 Å². The normalized spacial score (nSPS) is 31.8. The van der Waals surface area contributed by atoms with Gasteiger partial charge >= 0.3 is 0 Å². The zero-order valence-corrected chi connectivity index (χ0v) is 10.5. The summed E-state index contributed by atoms with van der Waals surface area (Å²) in [4.78, 5) is 6.96. The molecule has 2 atom stereocenters. The van der Waals surface area contributed by atoms with Crippen LogP contribution in [0.25, 0.3) is 0 Å². The third-order valence-electron chi connectivity index (χ3n) is 3.77. The number of hydrogen-bond donors (Lipinski definition) is 1. The van der Waals surface area contributed by atoms with Gasteiger partial charge in [0, 0.05) is 37.1 Å². The quantitative estimate of drug-likeness (QED) is 0.867. The average molecular weight is 237 g/mol. The number of piperazine rings is 1. The number of hydrogen-bond acceptors (Lipinski definition) is 4. The van der Waals surface area contributed by atoms with E-state index in [1.807, 2.05) is 5.51 Å².